The minimum Gasteiger partial charge on any atom is -0.388 e. The normalized spacial score (nSPS) is 12.5. The first-order valence-corrected chi connectivity index (χ1v) is 5.92. The van der Waals surface area contributed by atoms with Crippen LogP contribution in [0.3, 0.4) is 0 Å². The van der Waals surface area contributed by atoms with Crippen LogP contribution in [0, 0.1) is 17.5 Å². The van der Waals surface area contributed by atoms with Crippen molar-refractivity contribution in [2.75, 3.05) is 0 Å². The molecule has 2 aromatic carbocycles. The third kappa shape index (κ3) is 3.28. The number of benzene rings is 2. The lowest BCUT2D eigenvalue weighted by Crippen LogP contribution is -2.05. The zero-order chi connectivity index (χ0) is 14.0. The van der Waals surface area contributed by atoms with Crippen molar-refractivity contribution < 1.29 is 18.3 Å². The van der Waals surface area contributed by atoms with Crippen LogP contribution in [-0.4, -0.2) is 5.11 Å². The van der Waals surface area contributed by atoms with Gasteiger partial charge in [-0.1, -0.05) is 23.7 Å². The highest BCUT2D eigenvalue weighted by Gasteiger charge is 2.15. The van der Waals surface area contributed by atoms with Gasteiger partial charge in [0.1, 0.15) is 17.5 Å². The number of hydrogen-bond donors (Lipinski definition) is 1. The van der Waals surface area contributed by atoms with E-state index in [1.165, 1.54) is 24.3 Å². The molecule has 0 heterocycles. The molecule has 2 rings (SSSR count). The molecule has 0 aliphatic rings. The Bertz CT molecular complexity index is 601. The van der Waals surface area contributed by atoms with Crippen molar-refractivity contribution in [1.29, 1.82) is 0 Å². The summed E-state index contributed by atoms with van der Waals surface area (Å²) < 4.78 is 39.4. The molecule has 19 heavy (non-hydrogen) atoms. The summed E-state index contributed by atoms with van der Waals surface area (Å²) in [6.07, 6.45) is -1.17. The third-order valence-corrected chi connectivity index (χ3v) is 3.04. The molecule has 1 nitrogen and oxygen atoms in total. The molecule has 0 aliphatic heterocycles. The molecular formula is C14H10ClF3O. The van der Waals surface area contributed by atoms with E-state index in [0.29, 0.717) is 11.6 Å². The summed E-state index contributed by atoms with van der Waals surface area (Å²) in [5.74, 6) is -2.15. The van der Waals surface area contributed by atoms with Gasteiger partial charge in [-0.15, -0.1) is 0 Å². The van der Waals surface area contributed by atoms with Crippen LogP contribution in [0.1, 0.15) is 17.2 Å². The minimum absolute atomic E-state index is 0.0106. The van der Waals surface area contributed by atoms with E-state index in [1.54, 1.807) is 0 Å². The van der Waals surface area contributed by atoms with Crippen molar-refractivity contribution in [3.8, 4) is 0 Å². The Morgan fingerprint density at radius 2 is 1.74 bits per heavy atom. The highest BCUT2D eigenvalue weighted by Crippen LogP contribution is 2.23. The van der Waals surface area contributed by atoms with Gasteiger partial charge in [0.2, 0.25) is 0 Å². The van der Waals surface area contributed by atoms with E-state index in [9.17, 15) is 18.3 Å². The fourth-order valence-corrected chi connectivity index (χ4v) is 1.89. The van der Waals surface area contributed by atoms with E-state index in [0.717, 1.165) is 6.07 Å². The smallest absolute Gasteiger partial charge is 0.142 e. The lowest BCUT2D eigenvalue weighted by atomic mass is 10.0. The van der Waals surface area contributed by atoms with Crippen molar-refractivity contribution in [1.82, 2.24) is 0 Å². The number of halogens is 4. The summed E-state index contributed by atoms with van der Waals surface area (Å²) in [6.45, 7) is 0. The predicted molar refractivity (Wildman–Crippen MR) is 66.4 cm³/mol. The lowest BCUT2D eigenvalue weighted by Gasteiger charge is -2.12. The van der Waals surface area contributed by atoms with E-state index < -0.39 is 23.6 Å². The van der Waals surface area contributed by atoms with Crippen LogP contribution in [0.25, 0.3) is 0 Å². The Hall–Kier alpha value is -1.52. The molecule has 0 spiro atoms. The second-order valence-electron chi connectivity index (χ2n) is 4.13. The number of aliphatic hydroxyl groups excluding tert-OH is 1. The molecule has 1 atom stereocenters. The fourth-order valence-electron chi connectivity index (χ4n) is 1.77. The molecule has 1 unspecified atom stereocenters. The standard InChI is InChI=1S/C14H10ClF3O/c15-11-4-1-8(5-13(11)18)6-14(19)10-3-2-9(16)7-12(10)17/h1-5,7,14,19H,6H2. The molecule has 0 fully saturated rings. The molecule has 1 N–H and O–H groups in total. The fraction of sp³-hybridized carbons (Fsp3) is 0.143. The van der Waals surface area contributed by atoms with Gasteiger partial charge in [0.05, 0.1) is 11.1 Å². The average molecular weight is 287 g/mol. The van der Waals surface area contributed by atoms with Gasteiger partial charge in [0.25, 0.3) is 0 Å². The quantitative estimate of drug-likeness (QED) is 0.903. The Kier molecular flexibility index (Phi) is 4.12. The van der Waals surface area contributed by atoms with E-state index in [2.05, 4.69) is 0 Å². The second kappa shape index (κ2) is 5.63. The largest absolute Gasteiger partial charge is 0.388 e. The van der Waals surface area contributed by atoms with Crippen LogP contribution in [-0.2, 0) is 6.42 Å². The van der Waals surface area contributed by atoms with Crippen LogP contribution < -0.4 is 0 Å². The van der Waals surface area contributed by atoms with E-state index >= 15 is 0 Å². The Balaban J connectivity index is 2.20. The molecule has 0 aliphatic carbocycles. The zero-order valence-corrected chi connectivity index (χ0v) is 10.5. The third-order valence-electron chi connectivity index (χ3n) is 2.73. The van der Waals surface area contributed by atoms with Crippen molar-refractivity contribution >= 4 is 11.6 Å². The summed E-state index contributed by atoms with van der Waals surface area (Å²) in [5.41, 5.74) is 0.440. The Morgan fingerprint density at radius 1 is 1.00 bits per heavy atom. The van der Waals surface area contributed by atoms with Crippen molar-refractivity contribution in [2.45, 2.75) is 12.5 Å². The average Bonchev–Trinajstić information content (AvgIpc) is 2.33. The molecular weight excluding hydrogens is 277 g/mol. The van der Waals surface area contributed by atoms with Gasteiger partial charge in [0.15, 0.2) is 0 Å². The topological polar surface area (TPSA) is 20.2 Å². The minimum atomic E-state index is -1.18. The number of hydrogen-bond acceptors (Lipinski definition) is 1. The summed E-state index contributed by atoms with van der Waals surface area (Å²) in [7, 11) is 0. The van der Waals surface area contributed by atoms with Gasteiger partial charge in [-0.05, 0) is 23.8 Å². The van der Waals surface area contributed by atoms with Gasteiger partial charge in [-0.3, -0.25) is 0 Å². The number of rotatable bonds is 3. The summed E-state index contributed by atoms with van der Waals surface area (Å²) >= 11 is 5.54. The maximum absolute atomic E-state index is 13.5. The predicted octanol–water partition coefficient (Wildman–Crippen LogP) is 4.03. The van der Waals surface area contributed by atoms with Crippen molar-refractivity contribution in [3.05, 3.63) is 70.0 Å². The van der Waals surface area contributed by atoms with E-state index in [-0.39, 0.29) is 17.0 Å². The van der Waals surface area contributed by atoms with Crippen LogP contribution in [0.5, 0.6) is 0 Å². The van der Waals surface area contributed by atoms with Gasteiger partial charge in [-0.25, -0.2) is 13.2 Å². The molecule has 100 valence electrons. The van der Waals surface area contributed by atoms with Crippen LogP contribution in [0.4, 0.5) is 13.2 Å². The van der Waals surface area contributed by atoms with Crippen LogP contribution >= 0.6 is 11.6 Å². The lowest BCUT2D eigenvalue weighted by molar-refractivity contribution is 0.173. The Labute approximate surface area is 113 Å². The monoisotopic (exact) mass is 286 g/mol. The molecule has 0 aromatic heterocycles. The van der Waals surface area contributed by atoms with Gasteiger partial charge in [-0.2, -0.15) is 0 Å². The molecule has 0 saturated carbocycles. The second-order valence-corrected chi connectivity index (χ2v) is 4.54. The van der Waals surface area contributed by atoms with Crippen LogP contribution in [0.15, 0.2) is 36.4 Å². The molecule has 5 heteroatoms. The van der Waals surface area contributed by atoms with E-state index in [1.807, 2.05) is 0 Å². The SMILES string of the molecule is OC(Cc1ccc(Cl)c(F)c1)c1ccc(F)cc1F. The number of aliphatic hydroxyl groups is 1. The molecule has 2 aromatic rings. The molecule has 0 saturated heterocycles. The highest BCUT2D eigenvalue weighted by molar-refractivity contribution is 6.30. The first-order valence-electron chi connectivity index (χ1n) is 5.54. The van der Waals surface area contributed by atoms with E-state index in [4.69, 9.17) is 11.6 Å². The molecule has 0 amide bonds. The van der Waals surface area contributed by atoms with Crippen LogP contribution in [0.2, 0.25) is 5.02 Å². The highest BCUT2D eigenvalue weighted by atomic mass is 35.5. The van der Waals surface area contributed by atoms with Gasteiger partial charge >= 0.3 is 0 Å². The maximum Gasteiger partial charge on any atom is 0.142 e. The van der Waals surface area contributed by atoms with Gasteiger partial charge in [0, 0.05) is 18.1 Å². The molecule has 0 radical (unpaired) electrons. The first-order chi connectivity index (χ1) is 8.97. The summed E-state index contributed by atoms with van der Waals surface area (Å²) in [4.78, 5) is 0. The Morgan fingerprint density at radius 3 is 2.37 bits per heavy atom. The zero-order valence-electron chi connectivity index (χ0n) is 9.71. The maximum atomic E-state index is 13.5. The van der Waals surface area contributed by atoms with Crippen molar-refractivity contribution in [2.24, 2.45) is 0 Å². The van der Waals surface area contributed by atoms with Gasteiger partial charge < -0.3 is 5.11 Å². The molecule has 0 bridgehead atoms. The van der Waals surface area contributed by atoms with Crippen molar-refractivity contribution in [3.63, 3.8) is 0 Å². The first kappa shape index (κ1) is 13.9. The summed E-state index contributed by atoms with van der Waals surface area (Å²) in [5, 5.41) is 9.87. The summed E-state index contributed by atoms with van der Waals surface area (Å²) in [6, 6.07) is 7.00.